The highest BCUT2D eigenvalue weighted by molar-refractivity contribution is 7.91. The second kappa shape index (κ2) is 7.54. The molecule has 0 spiro atoms. The van der Waals surface area contributed by atoms with Crippen LogP contribution in [0.15, 0.2) is 46.0 Å². The summed E-state index contributed by atoms with van der Waals surface area (Å²) in [6, 6.07) is 8.86. The Labute approximate surface area is 147 Å². The van der Waals surface area contributed by atoms with Crippen molar-refractivity contribution in [1.29, 1.82) is 0 Å². The van der Waals surface area contributed by atoms with Gasteiger partial charge in [0.15, 0.2) is 0 Å². The summed E-state index contributed by atoms with van der Waals surface area (Å²) in [4.78, 5) is 11.6. The molecule has 0 atom stereocenters. The number of amides is 1. The zero-order valence-corrected chi connectivity index (χ0v) is 14.7. The molecule has 1 aromatic carbocycles. The Bertz CT molecular complexity index is 817. The molecule has 0 fully saturated rings. The van der Waals surface area contributed by atoms with Crippen LogP contribution < -0.4 is 5.32 Å². The van der Waals surface area contributed by atoms with E-state index in [4.69, 9.17) is 0 Å². The Hall–Kier alpha value is -1.91. The van der Waals surface area contributed by atoms with E-state index in [0.29, 0.717) is 5.56 Å². The van der Waals surface area contributed by atoms with Gasteiger partial charge >= 0.3 is 6.18 Å². The third-order valence-corrected chi connectivity index (χ3v) is 6.41. The number of carbonyl (C=O) groups is 1. The molecule has 1 aromatic heterocycles. The molecule has 1 N–H and O–H groups in total. The third-order valence-electron chi connectivity index (χ3n) is 3.23. The van der Waals surface area contributed by atoms with Crippen molar-refractivity contribution in [3.63, 3.8) is 0 Å². The van der Waals surface area contributed by atoms with Gasteiger partial charge in [-0.15, -0.1) is 11.3 Å². The van der Waals surface area contributed by atoms with E-state index in [0.717, 1.165) is 15.6 Å². The molecule has 2 rings (SSSR count). The number of hydrogen-bond donors (Lipinski definition) is 1. The number of hydrogen-bond acceptors (Lipinski definition) is 4. The molecule has 0 bridgehead atoms. The minimum absolute atomic E-state index is 0.0665. The Kier molecular flexibility index (Phi) is 5.86. The number of sulfonamides is 1. The Morgan fingerprint density at radius 3 is 2.36 bits per heavy atom. The third kappa shape index (κ3) is 5.28. The lowest BCUT2D eigenvalue weighted by Crippen LogP contribution is -2.33. The van der Waals surface area contributed by atoms with Crippen LogP contribution in [0.1, 0.15) is 15.9 Å². The largest absolute Gasteiger partial charge is 0.405 e. The molecule has 0 radical (unpaired) electrons. The Balaban J connectivity index is 2.02. The van der Waals surface area contributed by atoms with E-state index in [2.05, 4.69) is 0 Å². The van der Waals surface area contributed by atoms with Crippen LogP contribution in [0.2, 0.25) is 0 Å². The van der Waals surface area contributed by atoms with E-state index in [9.17, 15) is 26.4 Å². The van der Waals surface area contributed by atoms with Crippen molar-refractivity contribution in [3.8, 4) is 0 Å². The van der Waals surface area contributed by atoms with Crippen LogP contribution >= 0.6 is 11.3 Å². The summed E-state index contributed by atoms with van der Waals surface area (Å²) in [5, 5.41) is 3.43. The van der Waals surface area contributed by atoms with Crippen LogP contribution in [0, 0.1) is 0 Å². The lowest BCUT2D eigenvalue weighted by Gasteiger charge is -2.16. The van der Waals surface area contributed by atoms with Gasteiger partial charge in [-0.1, -0.05) is 18.2 Å². The van der Waals surface area contributed by atoms with Gasteiger partial charge in [0.1, 0.15) is 10.8 Å². The molecular formula is C15H15F3N2O3S2. The van der Waals surface area contributed by atoms with E-state index in [1.165, 1.54) is 37.4 Å². The van der Waals surface area contributed by atoms with Gasteiger partial charge in [-0.2, -0.15) is 17.5 Å². The fourth-order valence-electron chi connectivity index (χ4n) is 1.95. The first kappa shape index (κ1) is 19.4. The zero-order valence-electron chi connectivity index (χ0n) is 13.1. The number of halogens is 3. The van der Waals surface area contributed by atoms with Crippen molar-refractivity contribution in [1.82, 2.24) is 9.62 Å². The summed E-state index contributed by atoms with van der Waals surface area (Å²) in [6.45, 7) is -1.33. The quantitative estimate of drug-likeness (QED) is 0.822. The van der Waals surface area contributed by atoms with Crippen molar-refractivity contribution < 1.29 is 26.4 Å². The second-order valence-corrected chi connectivity index (χ2v) is 8.41. The summed E-state index contributed by atoms with van der Waals surface area (Å²) in [5.41, 5.74) is 0.673. The molecule has 0 aliphatic carbocycles. The molecule has 0 aliphatic rings. The van der Waals surface area contributed by atoms with Gasteiger partial charge in [0.05, 0.1) is 0 Å². The Morgan fingerprint density at radius 2 is 1.84 bits per heavy atom. The molecule has 1 heterocycles. The molecule has 136 valence electrons. The number of alkyl halides is 3. The first-order valence-electron chi connectivity index (χ1n) is 7.03. The number of nitrogens with one attached hydrogen (secondary N) is 1. The standard InChI is InChI=1S/C15H15F3N2O3S2/c1-20(25(22,23)13-3-2-8-24-13)9-11-4-6-12(7-5-11)14(21)19-10-15(16,17)18/h2-8H,9-10H2,1H3,(H,19,21). The minimum atomic E-state index is -4.48. The Morgan fingerprint density at radius 1 is 1.20 bits per heavy atom. The number of thiophene rings is 1. The predicted octanol–water partition coefficient (Wildman–Crippen LogP) is 2.86. The highest BCUT2D eigenvalue weighted by atomic mass is 32.2. The molecule has 5 nitrogen and oxygen atoms in total. The van der Waals surface area contributed by atoms with Crippen molar-refractivity contribution >= 4 is 27.3 Å². The maximum atomic E-state index is 12.3. The van der Waals surface area contributed by atoms with Gasteiger partial charge in [-0.25, -0.2) is 8.42 Å². The van der Waals surface area contributed by atoms with Gasteiger partial charge in [0.2, 0.25) is 0 Å². The molecule has 0 unspecified atom stereocenters. The average Bonchev–Trinajstić information content (AvgIpc) is 3.07. The van der Waals surface area contributed by atoms with Gasteiger partial charge in [-0.05, 0) is 29.1 Å². The molecule has 10 heteroatoms. The number of rotatable bonds is 6. The average molecular weight is 392 g/mol. The lowest BCUT2D eigenvalue weighted by atomic mass is 10.1. The first-order chi connectivity index (χ1) is 11.6. The van der Waals surface area contributed by atoms with Gasteiger partial charge in [-0.3, -0.25) is 4.79 Å². The number of carbonyl (C=O) groups excluding carboxylic acids is 1. The lowest BCUT2D eigenvalue weighted by molar-refractivity contribution is -0.123. The normalized spacial score (nSPS) is 12.4. The minimum Gasteiger partial charge on any atom is -0.343 e. The van der Waals surface area contributed by atoms with E-state index in [1.807, 2.05) is 0 Å². The topological polar surface area (TPSA) is 66.5 Å². The van der Waals surface area contributed by atoms with Crippen LogP contribution in [0.3, 0.4) is 0 Å². The van der Waals surface area contributed by atoms with Crippen LogP contribution in [0.5, 0.6) is 0 Å². The summed E-state index contributed by atoms with van der Waals surface area (Å²) < 4.78 is 62.3. The number of nitrogens with zero attached hydrogens (tertiary/aromatic N) is 1. The van der Waals surface area contributed by atoms with Crippen molar-refractivity contribution in [2.75, 3.05) is 13.6 Å². The summed E-state index contributed by atoms with van der Waals surface area (Å²) in [7, 11) is -2.17. The highest BCUT2D eigenvalue weighted by Gasteiger charge is 2.28. The maximum absolute atomic E-state index is 12.3. The van der Waals surface area contributed by atoms with Crippen molar-refractivity contribution in [2.45, 2.75) is 16.9 Å². The SMILES string of the molecule is CN(Cc1ccc(C(=O)NCC(F)(F)F)cc1)S(=O)(=O)c1cccs1. The number of benzene rings is 1. The van der Waals surface area contributed by atoms with E-state index in [1.54, 1.807) is 16.8 Å². The van der Waals surface area contributed by atoms with Crippen LogP contribution in [0.4, 0.5) is 13.2 Å². The summed E-state index contributed by atoms with van der Waals surface area (Å²) >= 11 is 1.11. The summed E-state index contributed by atoms with van der Waals surface area (Å²) in [5.74, 6) is -0.844. The molecule has 0 aliphatic heterocycles. The maximum Gasteiger partial charge on any atom is 0.405 e. The monoisotopic (exact) mass is 392 g/mol. The molecule has 1 amide bonds. The zero-order chi connectivity index (χ0) is 18.7. The second-order valence-electron chi connectivity index (χ2n) is 5.19. The fourth-order valence-corrected chi connectivity index (χ4v) is 4.31. The van der Waals surface area contributed by atoms with Gasteiger partial charge < -0.3 is 5.32 Å². The van der Waals surface area contributed by atoms with Crippen molar-refractivity contribution in [2.24, 2.45) is 0 Å². The van der Waals surface area contributed by atoms with E-state index < -0.39 is 28.7 Å². The molecule has 2 aromatic rings. The highest BCUT2D eigenvalue weighted by Crippen LogP contribution is 2.21. The first-order valence-corrected chi connectivity index (χ1v) is 9.35. The summed E-state index contributed by atoms with van der Waals surface area (Å²) in [6.07, 6.45) is -4.48. The van der Waals surface area contributed by atoms with E-state index >= 15 is 0 Å². The van der Waals surface area contributed by atoms with E-state index in [-0.39, 0.29) is 16.3 Å². The van der Waals surface area contributed by atoms with Crippen molar-refractivity contribution in [3.05, 3.63) is 52.9 Å². The van der Waals surface area contributed by atoms with Crippen LogP contribution in [-0.4, -0.2) is 38.4 Å². The molecule has 0 saturated heterocycles. The van der Waals surface area contributed by atoms with Gasteiger partial charge in [0.25, 0.3) is 15.9 Å². The van der Waals surface area contributed by atoms with Crippen LogP contribution in [-0.2, 0) is 16.6 Å². The molecule has 25 heavy (non-hydrogen) atoms. The fraction of sp³-hybridized carbons (Fsp3) is 0.267. The molecular weight excluding hydrogens is 377 g/mol. The molecule has 0 saturated carbocycles. The smallest absolute Gasteiger partial charge is 0.343 e. The van der Waals surface area contributed by atoms with Crippen LogP contribution in [0.25, 0.3) is 0 Å². The predicted molar refractivity (Wildman–Crippen MR) is 87.8 cm³/mol. The van der Waals surface area contributed by atoms with Gasteiger partial charge in [0, 0.05) is 19.2 Å².